The van der Waals surface area contributed by atoms with Crippen LogP contribution in [0.5, 0.6) is 0 Å². The Balaban J connectivity index is 1.59. The van der Waals surface area contributed by atoms with E-state index in [4.69, 9.17) is 0 Å². The second-order valence-corrected chi connectivity index (χ2v) is 8.17. The van der Waals surface area contributed by atoms with Crippen molar-refractivity contribution in [2.24, 2.45) is 11.8 Å². The van der Waals surface area contributed by atoms with E-state index in [0.29, 0.717) is 24.9 Å². The van der Waals surface area contributed by atoms with Crippen LogP contribution >= 0.6 is 0 Å². The fourth-order valence-corrected chi connectivity index (χ4v) is 4.63. The molecule has 2 aliphatic heterocycles. The van der Waals surface area contributed by atoms with Crippen molar-refractivity contribution >= 4 is 10.0 Å². The molecule has 3 rings (SSSR count). The fraction of sp³-hybridized carbons (Fsp3) is 0.600. The third-order valence-corrected chi connectivity index (χ3v) is 6.35. The molecular weight excluding hydrogens is 272 g/mol. The minimum Gasteiger partial charge on any atom is -0.298 e. The Morgan fingerprint density at radius 1 is 1.05 bits per heavy atom. The Morgan fingerprint density at radius 2 is 1.65 bits per heavy atom. The lowest BCUT2D eigenvalue weighted by Crippen LogP contribution is -2.34. The van der Waals surface area contributed by atoms with Crippen LogP contribution in [0.1, 0.15) is 12.5 Å². The number of rotatable bonds is 4. The topological polar surface area (TPSA) is 40.6 Å². The lowest BCUT2D eigenvalue weighted by atomic mass is 10.0. The van der Waals surface area contributed by atoms with Crippen molar-refractivity contribution < 1.29 is 8.42 Å². The SMILES string of the molecule is CCS(=O)(=O)N1C[C@H]2CN(Cc3ccccc3)C[C@@H]2C1. The van der Waals surface area contributed by atoms with Crippen molar-refractivity contribution in [2.75, 3.05) is 31.9 Å². The maximum atomic E-state index is 11.9. The maximum absolute atomic E-state index is 11.9. The number of nitrogens with zero attached hydrogens (tertiary/aromatic N) is 2. The second-order valence-electron chi connectivity index (χ2n) is 5.92. The van der Waals surface area contributed by atoms with E-state index in [1.54, 1.807) is 11.2 Å². The highest BCUT2D eigenvalue weighted by atomic mass is 32.2. The molecule has 0 aliphatic carbocycles. The van der Waals surface area contributed by atoms with Crippen molar-refractivity contribution in [1.82, 2.24) is 9.21 Å². The molecule has 0 N–H and O–H groups in total. The van der Waals surface area contributed by atoms with Crippen LogP contribution in [0.25, 0.3) is 0 Å². The van der Waals surface area contributed by atoms with Crippen LogP contribution in [-0.4, -0.2) is 49.6 Å². The summed E-state index contributed by atoms with van der Waals surface area (Å²) in [4.78, 5) is 2.46. The fourth-order valence-electron chi connectivity index (χ4n) is 3.43. The van der Waals surface area contributed by atoms with E-state index in [0.717, 1.165) is 19.6 Å². The summed E-state index contributed by atoms with van der Waals surface area (Å²) in [6.45, 7) is 6.18. The summed E-state index contributed by atoms with van der Waals surface area (Å²) in [5.74, 6) is 1.25. The molecule has 20 heavy (non-hydrogen) atoms. The predicted octanol–water partition coefficient (Wildman–Crippen LogP) is 1.40. The highest BCUT2D eigenvalue weighted by Gasteiger charge is 2.43. The molecule has 5 heteroatoms. The van der Waals surface area contributed by atoms with E-state index in [1.165, 1.54) is 5.56 Å². The molecule has 2 heterocycles. The zero-order valence-corrected chi connectivity index (χ0v) is 12.7. The van der Waals surface area contributed by atoms with Crippen LogP contribution in [0.2, 0.25) is 0 Å². The van der Waals surface area contributed by atoms with Gasteiger partial charge in [-0.2, -0.15) is 0 Å². The van der Waals surface area contributed by atoms with Crippen LogP contribution in [0, 0.1) is 11.8 Å². The number of hydrogen-bond acceptors (Lipinski definition) is 3. The average molecular weight is 294 g/mol. The molecule has 0 spiro atoms. The quantitative estimate of drug-likeness (QED) is 0.843. The predicted molar refractivity (Wildman–Crippen MR) is 79.7 cm³/mol. The third-order valence-electron chi connectivity index (χ3n) is 4.54. The van der Waals surface area contributed by atoms with Crippen LogP contribution in [-0.2, 0) is 16.6 Å². The van der Waals surface area contributed by atoms with E-state index in [9.17, 15) is 8.42 Å². The number of fused-ring (bicyclic) bond motifs is 1. The van der Waals surface area contributed by atoms with E-state index < -0.39 is 10.0 Å². The smallest absolute Gasteiger partial charge is 0.213 e. The maximum Gasteiger partial charge on any atom is 0.213 e. The highest BCUT2D eigenvalue weighted by Crippen LogP contribution is 2.33. The first kappa shape index (κ1) is 14.0. The van der Waals surface area contributed by atoms with Gasteiger partial charge in [0, 0.05) is 32.7 Å². The van der Waals surface area contributed by atoms with Crippen LogP contribution in [0.4, 0.5) is 0 Å². The van der Waals surface area contributed by atoms with Gasteiger partial charge < -0.3 is 0 Å². The Bertz CT molecular complexity index is 544. The van der Waals surface area contributed by atoms with Crippen molar-refractivity contribution in [3.05, 3.63) is 35.9 Å². The number of hydrogen-bond donors (Lipinski definition) is 0. The largest absolute Gasteiger partial charge is 0.298 e. The minimum atomic E-state index is -3.00. The lowest BCUT2D eigenvalue weighted by Gasteiger charge is -2.20. The molecule has 2 aliphatic rings. The lowest BCUT2D eigenvalue weighted by molar-refractivity contribution is 0.290. The third kappa shape index (κ3) is 2.75. The van der Waals surface area contributed by atoms with Gasteiger partial charge in [-0.15, -0.1) is 0 Å². The summed E-state index contributed by atoms with van der Waals surface area (Å²) in [5.41, 5.74) is 1.34. The summed E-state index contributed by atoms with van der Waals surface area (Å²) < 4.78 is 25.5. The molecule has 110 valence electrons. The second kappa shape index (κ2) is 5.47. The summed E-state index contributed by atoms with van der Waals surface area (Å²) in [6.07, 6.45) is 0. The van der Waals surface area contributed by atoms with E-state index >= 15 is 0 Å². The van der Waals surface area contributed by atoms with Gasteiger partial charge in [0.2, 0.25) is 10.0 Å². The Hall–Kier alpha value is -0.910. The van der Waals surface area contributed by atoms with Crippen LogP contribution in [0.15, 0.2) is 30.3 Å². The van der Waals surface area contributed by atoms with Gasteiger partial charge >= 0.3 is 0 Å². The standard InChI is InChI=1S/C15H22N2O2S/c1-2-20(18,19)17-11-14-9-16(10-15(14)12-17)8-13-6-4-3-5-7-13/h3-7,14-15H,2,8-12H2,1H3/t14-,15-/m1/s1. The average Bonchev–Trinajstić information content (AvgIpc) is 2.98. The van der Waals surface area contributed by atoms with Gasteiger partial charge in [0.15, 0.2) is 0 Å². The first-order valence-electron chi connectivity index (χ1n) is 7.32. The molecule has 2 saturated heterocycles. The molecule has 4 nitrogen and oxygen atoms in total. The van der Waals surface area contributed by atoms with Gasteiger partial charge in [0.05, 0.1) is 5.75 Å². The summed E-state index contributed by atoms with van der Waals surface area (Å²) in [7, 11) is -3.00. The number of benzene rings is 1. The molecular formula is C15H22N2O2S. The Morgan fingerprint density at radius 3 is 2.20 bits per heavy atom. The molecule has 2 fully saturated rings. The molecule has 0 unspecified atom stereocenters. The van der Waals surface area contributed by atoms with E-state index in [1.807, 2.05) is 6.07 Å². The van der Waals surface area contributed by atoms with Crippen molar-refractivity contribution in [1.29, 1.82) is 0 Å². The molecule has 2 atom stereocenters. The van der Waals surface area contributed by atoms with Crippen molar-refractivity contribution in [3.63, 3.8) is 0 Å². The zero-order chi connectivity index (χ0) is 14.2. The molecule has 0 amide bonds. The minimum absolute atomic E-state index is 0.222. The van der Waals surface area contributed by atoms with Crippen molar-refractivity contribution in [2.45, 2.75) is 13.5 Å². The summed E-state index contributed by atoms with van der Waals surface area (Å²) in [6, 6.07) is 10.5. The molecule has 0 saturated carbocycles. The molecule has 0 aromatic heterocycles. The van der Waals surface area contributed by atoms with Gasteiger partial charge in [-0.05, 0) is 24.3 Å². The van der Waals surface area contributed by atoms with Gasteiger partial charge in [-0.1, -0.05) is 30.3 Å². The van der Waals surface area contributed by atoms with E-state index in [2.05, 4.69) is 29.2 Å². The summed E-state index contributed by atoms with van der Waals surface area (Å²) in [5, 5.41) is 0. The Kier molecular flexibility index (Phi) is 3.84. The monoisotopic (exact) mass is 294 g/mol. The van der Waals surface area contributed by atoms with E-state index in [-0.39, 0.29) is 5.75 Å². The number of sulfonamides is 1. The van der Waals surface area contributed by atoms with Gasteiger partial charge in [0.1, 0.15) is 0 Å². The van der Waals surface area contributed by atoms with Crippen molar-refractivity contribution in [3.8, 4) is 0 Å². The van der Waals surface area contributed by atoms with Gasteiger partial charge in [-0.3, -0.25) is 4.90 Å². The molecule has 1 aromatic rings. The molecule has 0 radical (unpaired) electrons. The first-order chi connectivity index (χ1) is 9.58. The Labute approximate surface area is 121 Å². The van der Waals surface area contributed by atoms with Crippen LogP contribution < -0.4 is 0 Å². The highest BCUT2D eigenvalue weighted by molar-refractivity contribution is 7.89. The molecule has 0 bridgehead atoms. The zero-order valence-electron chi connectivity index (χ0n) is 11.9. The van der Waals surface area contributed by atoms with Gasteiger partial charge in [0.25, 0.3) is 0 Å². The normalized spacial score (nSPS) is 27.9. The number of likely N-dealkylation sites (tertiary alicyclic amines) is 1. The first-order valence-corrected chi connectivity index (χ1v) is 8.93. The van der Waals surface area contributed by atoms with Gasteiger partial charge in [-0.25, -0.2) is 12.7 Å². The molecule has 1 aromatic carbocycles. The van der Waals surface area contributed by atoms with Crippen LogP contribution in [0.3, 0.4) is 0 Å². The summed E-state index contributed by atoms with van der Waals surface area (Å²) >= 11 is 0.